The number of piperazine rings is 1. The normalized spacial score (nSPS) is 22.0. The minimum Gasteiger partial charge on any atom is -0.371 e. The lowest BCUT2D eigenvalue weighted by Crippen LogP contribution is -2.52. The van der Waals surface area contributed by atoms with Gasteiger partial charge in [-0.25, -0.2) is 0 Å². The summed E-state index contributed by atoms with van der Waals surface area (Å²) in [6.45, 7) is 6.61. The number of piperidine rings is 1. The van der Waals surface area contributed by atoms with E-state index in [1.807, 2.05) is 6.07 Å². The van der Waals surface area contributed by atoms with E-state index in [-0.39, 0.29) is 10.6 Å². The van der Waals surface area contributed by atoms with Crippen molar-refractivity contribution in [2.45, 2.75) is 18.9 Å². The van der Waals surface area contributed by atoms with E-state index in [1.54, 1.807) is 18.2 Å². The van der Waals surface area contributed by atoms with Gasteiger partial charge in [-0.15, -0.1) is 0 Å². The number of hydrogen-bond acceptors (Lipinski definition) is 5. The van der Waals surface area contributed by atoms with Crippen molar-refractivity contribution < 1.29 is 4.92 Å². The summed E-state index contributed by atoms with van der Waals surface area (Å²) in [5, 5.41) is 10.9. The van der Waals surface area contributed by atoms with Crippen LogP contribution in [0.3, 0.4) is 0 Å². The molecular formula is C16H24N4O2. The number of rotatable bonds is 3. The molecule has 6 heteroatoms. The summed E-state index contributed by atoms with van der Waals surface area (Å²) in [5.41, 5.74) is 1.16. The van der Waals surface area contributed by atoms with Crippen molar-refractivity contribution in [2.75, 3.05) is 51.2 Å². The number of anilines is 1. The number of benzene rings is 1. The highest BCUT2D eigenvalue weighted by molar-refractivity contribution is 5.53. The zero-order valence-electron chi connectivity index (χ0n) is 13.1. The molecular weight excluding hydrogens is 280 g/mol. The first kappa shape index (κ1) is 15.2. The van der Waals surface area contributed by atoms with Crippen LogP contribution in [0.5, 0.6) is 0 Å². The fourth-order valence-electron chi connectivity index (χ4n) is 3.48. The van der Waals surface area contributed by atoms with Gasteiger partial charge >= 0.3 is 0 Å². The van der Waals surface area contributed by atoms with Gasteiger partial charge in [0.25, 0.3) is 5.69 Å². The Morgan fingerprint density at radius 1 is 1.09 bits per heavy atom. The zero-order chi connectivity index (χ0) is 15.5. The highest BCUT2D eigenvalue weighted by Crippen LogP contribution is 2.26. The quantitative estimate of drug-likeness (QED) is 0.630. The second kappa shape index (κ2) is 6.62. The summed E-state index contributed by atoms with van der Waals surface area (Å²) in [7, 11) is 2.18. The zero-order valence-corrected chi connectivity index (χ0v) is 13.1. The molecule has 2 heterocycles. The number of nitrogens with zero attached hydrogens (tertiary/aromatic N) is 4. The summed E-state index contributed by atoms with van der Waals surface area (Å²) >= 11 is 0. The van der Waals surface area contributed by atoms with Crippen LogP contribution >= 0.6 is 0 Å². The molecule has 0 saturated carbocycles. The van der Waals surface area contributed by atoms with Gasteiger partial charge in [-0.05, 0) is 26.0 Å². The summed E-state index contributed by atoms with van der Waals surface area (Å²) in [5.74, 6) is 0. The number of likely N-dealkylation sites (N-methyl/N-ethyl adjacent to an activating group) is 1. The standard InChI is InChI=1S/C16H24N4O2/c1-17-9-11-19(12-10-17)14-5-7-18(8-6-14)15-3-2-4-16(13-15)20(21)22/h2-4,13-14H,5-12H2,1H3. The molecule has 0 spiro atoms. The third-order valence-corrected chi connectivity index (χ3v) is 4.92. The second-order valence-electron chi connectivity index (χ2n) is 6.33. The van der Waals surface area contributed by atoms with Crippen LogP contribution in [0.15, 0.2) is 24.3 Å². The molecule has 3 rings (SSSR count). The molecule has 0 atom stereocenters. The molecule has 2 fully saturated rings. The van der Waals surface area contributed by atoms with E-state index in [4.69, 9.17) is 0 Å². The van der Waals surface area contributed by atoms with Crippen LogP contribution in [0.25, 0.3) is 0 Å². The Morgan fingerprint density at radius 2 is 1.77 bits per heavy atom. The van der Waals surface area contributed by atoms with Crippen molar-refractivity contribution in [1.29, 1.82) is 0 Å². The minimum atomic E-state index is -0.319. The lowest BCUT2D eigenvalue weighted by Gasteiger charge is -2.42. The molecule has 0 unspecified atom stereocenters. The van der Waals surface area contributed by atoms with Gasteiger partial charge in [0.2, 0.25) is 0 Å². The molecule has 1 aromatic rings. The highest BCUT2D eigenvalue weighted by atomic mass is 16.6. The number of nitro benzene ring substituents is 1. The van der Waals surface area contributed by atoms with Gasteiger partial charge in [0.15, 0.2) is 0 Å². The molecule has 2 aliphatic heterocycles. The van der Waals surface area contributed by atoms with Crippen molar-refractivity contribution >= 4 is 11.4 Å². The van der Waals surface area contributed by atoms with Crippen LogP contribution in [-0.4, -0.2) is 67.1 Å². The van der Waals surface area contributed by atoms with Crippen LogP contribution < -0.4 is 4.90 Å². The Kier molecular flexibility index (Phi) is 4.59. The van der Waals surface area contributed by atoms with E-state index < -0.39 is 0 Å². The van der Waals surface area contributed by atoms with Gasteiger partial charge in [0, 0.05) is 63.1 Å². The Bertz CT molecular complexity index is 521. The Balaban J connectivity index is 1.57. The number of nitro groups is 1. The van der Waals surface area contributed by atoms with E-state index >= 15 is 0 Å². The lowest BCUT2D eigenvalue weighted by molar-refractivity contribution is -0.384. The van der Waals surface area contributed by atoms with Crippen molar-refractivity contribution in [3.05, 3.63) is 34.4 Å². The van der Waals surface area contributed by atoms with Gasteiger partial charge in [0.05, 0.1) is 4.92 Å². The Morgan fingerprint density at radius 3 is 2.41 bits per heavy atom. The van der Waals surface area contributed by atoms with E-state index in [2.05, 4.69) is 21.7 Å². The van der Waals surface area contributed by atoms with Gasteiger partial charge in [0.1, 0.15) is 0 Å². The van der Waals surface area contributed by atoms with E-state index in [0.717, 1.165) is 57.8 Å². The van der Waals surface area contributed by atoms with Crippen LogP contribution in [0.4, 0.5) is 11.4 Å². The fraction of sp³-hybridized carbons (Fsp3) is 0.625. The predicted octanol–water partition coefficient (Wildman–Crippen LogP) is 1.81. The molecule has 0 bridgehead atoms. The van der Waals surface area contributed by atoms with Crippen LogP contribution in [0.1, 0.15) is 12.8 Å². The maximum absolute atomic E-state index is 10.9. The van der Waals surface area contributed by atoms with E-state index in [0.29, 0.717) is 6.04 Å². The van der Waals surface area contributed by atoms with Crippen molar-refractivity contribution in [2.24, 2.45) is 0 Å². The first-order valence-electron chi connectivity index (χ1n) is 8.05. The molecule has 6 nitrogen and oxygen atoms in total. The minimum absolute atomic E-state index is 0.179. The first-order valence-corrected chi connectivity index (χ1v) is 8.05. The number of non-ortho nitro benzene ring substituents is 1. The largest absolute Gasteiger partial charge is 0.371 e. The maximum atomic E-state index is 10.9. The summed E-state index contributed by atoms with van der Waals surface area (Å²) in [4.78, 5) is 17.9. The number of hydrogen-bond donors (Lipinski definition) is 0. The third kappa shape index (κ3) is 3.39. The first-order chi connectivity index (χ1) is 10.6. The fourth-order valence-corrected chi connectivity index (χ4v) is 3.48. The molecule has 0 aliphatic carbocycles. The Hall–Kier alpha value is -1.66. The SMILES string of the molecule is CN1CCN(C2CCN(c3cccc([N+](=O)[O-])c3)CC2)CC1. The summed E-state index contributed by atoms with van der Waals surface area (Å²) < 4.78 is 0. The van der Waals surface area contributed by atoms with Gasteiger partial charge in [-0.1, -0.05) is 6.07 Å². The van der Waals surface area contributed by atoms with Gasteiger partial charge in [-0.3, -0.25) is 15.0 Å². The second-order valence-corrected chi connectivity index (χ2v) is 6.33. The predicted molar refractivity (Wildman–Crippen MR) is 87.4 cm³/mol. The topological polar surface area (TPSA) is 52.9 Å². The molecule has 2 saturated heterocycles. The average molecular weight is 304 g/mol. The molecule has 0 amide bonds. The average Bonchev–Trinajstić information content (AvgIpc) is 2.56. The van der Waals surface area contributed by atoms with E-state index in [9.17, 15) is 10.1 Å². The third-order valence-electron chi connectivity index (χ3n) is 4.92. The maximum Gasteiger partial charge on any atom is 0.271 e. The van der Waals surface area contributed by atoms with Crippen LogP contribution in [0.2, 0.25) is 0 Å². The summed E-state index contributed by atoms with van der Waals surface area (Å²) in [6.07, 6.45) is 2.29. The van der Waals surface area contributed by atoms with Crippen LogP contribution in [-0.2, 0) is 0 Å². The van der Waals surface area contributed by atoms with Gasteiger partial charge in [-0.2, -0.15) is 0 Å². The van der Waals surface area contributed by atoms with Gasteiger partial charge < -0.3 is 9.80 Å². The Labute approximate surface area is 131 Å². The monoisotopic (exact) mass is 304 g/mol. The van der Waals surface area contributed by atoms with E-state index in [1.165, 1.54) is 0 Å². The molecule has 1 aromatic carbocycles. The molecule has 120 valence electrons. The highest BCUT2D eigenvalue weighted by Gasteiger charge is 2.27. The molecule has 0 aromatic heterocycles. The van der Waals surface area contributed by atoms with Crippen molar-refractivity contribution in [3.8, 4) is 0 Å². The summed E-state index contributed by atoms with van der Waals surface area (Å²) in [6, 6.07) is 7.67. The van der Waals surface area contributed by atoms with Crippen LogP contribution in [0, 0.1) is 10.1 Å². The van der Waals surface area contributed by atoms with Crippen molar-refractivity contribution in [3.63, 3.8) is 0 Å². The lowest BCUT2D eigenvalue weighted by atomic mass is 10.0. The molecule has 2 aliphatic rings. The van der Waals surface area contributed by atoms with Crippen molar-refractivity contribution in [1.82, 2.24) is 9.80 Å². The molecule has 0 radical (unpaired) electrons. The smallest absolute Gasteiger partial charge is 0.271 e. The molecule has 0 N–H and O–H groups in total. The molecule has 22 heavy (non-hydrogen) atoms.